The van der Waals surface area contributed by atoms with Crippen LogP contribution in [0.1, 0.15) is 13.3 Å². The minimum Gasteiger partial charge on any atom is -0.451 e. The summed E-state index contributed by atoms with van der Waals surface area (Å²) in [6.45, 7) is 1.78. The third kappa shape index (κ3) is 6.03. The molecule has 3 unspecified atom stereocenters. The van der Waals surface area contributed by atoms with E-state index in [1.54, 1.807) is 30.3 Å². The molecule has 11 nitrogen and oxygen atoms in total. The Bertz CT molecular complexity index is 999. The molecule has 164 valence electrons. The van der Waals surface area contributed by atoms with E-state index < -0.39 is 36.7 Å². The molecule has 0 spiro atoms. The molecular weight excluding hydrogens is 429 g/mol. The molecule has 0 radical (unpaired) electrons. The van der Waals surface area contributed by atoms with Crippen molar-refractivity contribution in [3.63, 3.8) is 0 Å². The van der Waals surface area contributed by atoms with Crippen LogP contribution >= 0.6 is 7.75 Å². The van der Waals surface area contributed by atoms with Gasteiger partial charge in [0.1, 0.15) is 17.5 Å². The standard InChI is InChI=1S/C19H20N3O8P/c1-13(19(24)28-17-11-12-20-18(17)23)21-31(27,29-15-5-3-2-4-6-15)30-16-9-7-14(8-10-16)22(25)26/h2-10,13,17H,11-12H2,1H3,(H,20,23)(H,21,27). The lowest BCUT2D eigenvalue weighted by atomic mass is 10.3. The molecule has 3 rings (SSSR count). The molecule has 0 bridgehead atoms. The highest BCUT2D eigenvalue weighted by Crippen LogP contribution is 2.45. The van der Waals surface area contributed by atoms with Gasteiger partial charge in [0, 0.05) is 25.1 Å². The van der Waals surface area contributed by atoms with Gasteiger partial charge >= 0.3 is 13.7 Å². The zero-order chi connectivity index (χ0) is 22.4. The molecule has 1 saturated heterocycles. The van der Waals surface area contributed by atoms with Crippen molar-refractivity contribution in [2.75, 3.05) is 6.54 Å². The quantitative estimate of drug-likeness (QED) is 0.255. The number of esters is 1. The molecule has 2 aromatic rings. The molecule has 1 amide bonds. The molecule has 1 fully saturated rings. The highest BCUT2D eigenvalue weighted by Gasteiger charge is 2.36. The number of non-ortho nitro benzene ring substituents is 1. The molecule has 0 aromatic heterocycles. The molecular formula is C19H20N3O8P. The minimum atomic E-state index is -4.19. The van der Waals surface area contributed by atoms with Crippen LogP contribution < -0.4 is 19.5 Å². The monoisotopic (exact) mass is 449 g/mol. The van der Waals surface area contributed by atoms with E-state index in [-0.39, 0.29) is 17.2 Å². The van der Waals surface area contributed by atoms with Crippen LogP contribution in [-0.4, -0.2) is 35.5 Å². The highest BCUT2D eigenvalue weighted by atomic mass is 31.2. The van der Waals surface area contributed by atoms with E-state index >= 15 is 0 Å². The summed E-state index contributed by atoms with van der Waals surface area (Å²) >= 11 is 0. The number of rotatable bonds is 9. The normalized spacial score (nSPS) is 18.4. The first-order valence-corrected chi connectivity index (χ1v) is 10.8. The van der Waals surface area contributed by atoms with Gasteiger partial charge in [-0.05, 0) is 31.2 Å². The lowest BCUT2D eigenvalue weighted by Crippen LogP contribution is -2.39. The van der Waals surface area contributed by atoms with Gasteiger partial charge in [-0.15, -0.1) is 0 Å². The Morgan fingerprint density at radius 2 is 1.77 bits per heavy atom. The van der Waals surface area contributed by atoms with Crippen molar-refractivity contribution in [2.24, 2.45) is 0 Å². The van der Waals surface area contributed by atoms with Gasteiger partial charge in [-0.1, -0.05) is 18.2 Å². The second kappa shape index (κ2) is 9.59. The Kier molecular flexibility index (Phi) is 6.88. The van der Waals surface area contributed by atoms with Crippen LogP contribution in [0.5, 0.6) is 11.5 Å². The summed E-state index contributed by atoms with van der Waals surface area (Å²) in [5.41, 5.74) is -0.175. The third-order valence-electron chi connectivity index (χ3n) is 4.20. The number of para-hydroxylation sites is 1. The number of carbonyl (C=O) groups excluding carboxylic acids is 2. The number of amides is 1. The van der Waals surface area contributed by atoms with Gasteiger partial charge < -0.3 is 19.1 Å². The van der Waals surface area contributed by atoms with E-state index in [9.17, 15) is 24.3 Å². The third-order valence-corrected chi connectivity index (χ3v) is 5.81. The number of benzene rings is 2. The van der Waals surface area contributed by atoms with Gasteiger partial charge in [0.2, 0.25) is 0 Å². The van der Waals surface area contributed by atoms with E-state index in [4.69, 9.17) is 13.8 Å². The first kappa shape index (κ1) is 22.3. The Morgan fingerprint density at radius 3 is 2.32 bits per heavy atom. The predicted octanol–water partition coefficient (Wildman–Crippen LogP) is 2.57. The molecule has 1 heterocycles. The lowest BCUT2D eigenvalue weighted by Gasteiger charge is -2.23. The molecule has 0 aliphatic carbocycles. The van der Waals surface area contributed by atoms with Gasteiger partial charge in [0.25, 0.3) is 11.6 Å². The molecule has 12 heteroatoms. The van der Waals surface area contributed by atoms with Crippen molar-refractivity contribution in [3.8, 4) is 11.5 Å². The van der Waals surface area contributed by atoms with Crippen molar-refractivity contribution in [1.29, 1.82) is 0 Å². The van der Waals surface area contributed by atoms with Crippen LogP contribution in [0, 0.1) is 10.1 Å². The molecule has 3 atom stereocenters. The van der Waals surface area contributed by atoms with Crippen molar-refractivity contribution in [3.05, 3.63) is 64.7 Å². The highest BCUT2D eigenvalue weighted by molar-refractivity contribution is 7.52. The summed E-state index contributed by atoms with van der Waals surface area (Å²) in [5.74, 6) is -0.985. The topological polar surface area (TPSA) is 146 Å². The summed E-state index contributed by atoms with van der Waals surface area (Å²) in [4.78, 5) is 34.2. The second-order valence-corrected chi connectivity index (χ2v) is 8.22. The smallest absolute Gasteiger partial charge is 0.451 e. The zero-order valence-corrected chi connectivity index (χ0v) is 17.3. The fraction of sp³-hybridized carbons (Fsp3) is 0.263. The van der Waals surface area contributed by atoms with Crippen LogP contribution in [0.25, 0.3) is 0 Å². The Labute approximate surface area is 177 Å². The second-order valence-electron chi connectivity index (χ2n) is 6.60. The maximum Gasteiger partial charge on any atom is 0.513 e. The van der Waals surface area contributed by atoms with Crippen molar-refractivity contribution < 1.29 is 32.9 Å². The Balaban J connectivity index is 1.76. The minimum absolute atomic E-state index is 0.0214. The Hall–Kier alpha value is -3.43. The van der Waals surface area contributed by atoms with E-state index in [0.29, 0.717) is 13.0 Å². The van der Waals surface area contributed by atoms with Crippen LogP contribution in [0.2, 0.25) is 0 Å². The summed E-state index contributed by atoms with van der Waals surface area (Å²) in [5, 5.41) is 15.9. The fourth-order valence-electron chi connectivity index (χ4n) is 2.67. The SMILES string of the molecule is CC(NP(=O)(Oc1ccccc1)Oc1ccc([N+](=O)[O-])cc1)C(=O)OC1CCNC1=O. The number of nitro benzene ring substituents is 1. The molecule has 2 N–H and O–H groups in total. The first-order chi connectivity index (χ1) is 14.8. The molecule has 2 aromatic carbocycles. The number of nitrogens with one attached hydrogen (secondary N) is 2. The Morgan fingerprint density at radius 1 is 1.16 bits per heavy atom. The molecule has 1 aliphatic heterocycles. The van der Waals surface area contributed by atoms with Crippen LogP contribution in [-0.2, 0) is 18.9 Å². The number of ether oxygens (including phenoxy) is 1. The van der Waals surface area contributed by atoms with Gasteiger partial charge in [-0.2, -0.15) is 5.09 Å². The number of nitro groups is 1. The van der Waals surface area contributed by atoms with E-state index in [2.05, 4.69) is 10.4 Å². The summed E-state index contributed by atoms with van der Waals surface area (Å²) in [6, 6.07) is 11.8. The maximum absolute atomic E-state index is 13.4. The molecule has 0 saturated carbocycles. The van der Waals surface area contributed by atoms with Gasteiger partial charge in [-0.25, -0.2) is 4.57 Å². The van der Waals surface area contributed by atoms with Crippen molar-refractivity contribution >= 4 is 25.3 Å². The maximum atomic E-state index is 13.4. The first-order valence-electron chi connectivity index (χ1n) is 9.30. The average Bonchev–Trinajstić information content (AvgIpc) is 3.13. The number of nitrogens with zero attached hydrogens (tertiary/aromatic N) is 1. The van der Waals surface area contributed by atoms with E-state index in [0.717, 1.165) is 0 Å². The van der Waals surface area contributed by atoms with E-state index in [1.807, 2.05) is 0 Å². The number of hydrogen-bond acceptors (Lipinski definition) is 8. The predicted molar refractivity (Wildman–Crippen MR) is 109 cm³/mol. The number of hydrogen-bond donors (Lipinski definition) is 2. The summed E-state index contributed by atoms with van der Waals surface area (Å²) < 4.78 is 29.5. The van der Waals surface area contributed by atoms with Crippen molar-refractivity contribution in [2.45, 2.75) is 25.5 Å². The van der Waals surface area contributed by atoms with E-state index in [1.165, 1.54) is 31.2 Å². The lowest BCUT2D eigenvalue weighted by molar-refractivity contribution is -0.384. The van der Waals surface area contributed by atoms with Crippen LogP contribution in [0.15, 0.2) is 54.6 Å². The van der Waals surface area contributed by atoms with Gasteiger partial charge in [-0.3, -0.25) is 19.7 Å². The van der Waals surface area contributed by atoms with Gasteiger partial charge in [0.05, 0.1) is 4.92 Å². The molecule has 1 aliphatic rings. The van der Waals surface area contributed by atoms with Crippen LogP contribution in [0.3, 0.4) is 0 Å². The summed E-state index contributed by atoms with van der Waals surface area (Å²) in [7, 11) is -4.19. The van der Waals surface area contributed by atoms with Crippen LogP contribution in [0.4, 0.5) is 5.69 Å². The average molecular weight is 449 g/mol. The van der Waals surface area contributed by atoms with Gasteiger partial charge in [0.15, 0.2) is 6.10 Å². The van der Waals surface area contributed by atoms with Crippen molar-refractivity contribution in [1.82, 2.24) is 10.4 Å². The molecule has 31 heavy (non-hydrogen) atoms. The fourth-order valence-corrected chi connectivity index (χ4v) is 4.20. The number of carbonyl (C=O) groups is 2. The summed E-state index contributed by atoms with van der Waals surface area (Å²) in [6.07, 6.45) is -0.573. The largest absolute Gasteiger partial charge is 0.513 e. The zero-order valence-electron chi connectivity index (χ0n) is 16.4.